The number of piperidine rings is 1. The third-order valence-electron chi connectivity index (χ3n) is 4.41. The van der Waals surface area contributed by atoms with Crippen LogP contribution in [-0.4, -0.2) is 34.1 Å². The third-order valence-corrected chi connectivity index (χ3v) is 4.84. The number of benzene rings is 1. The fourth-order valence-electron chi connectivity index (χ4n) is 3.20. The molecule has 2 aromatic rings. The van der Waals surface area contributed by atoms with Gasteiger partial charge >= 0.3 is 0 Å². The predicted octanol–water partition coefficient (Wildman–Crippen LogP) is 4.47. The lowest BCUT2D eigenvalue weighted by Gasteiger charge is -2.33. The van der Waals surface area contributed by atoms with Crippen LogP contribution in [0.1, 0.15) is 37.4 Å². The minimum atomic E-state index is -0.106. The number of alkyl halides is 1. The zero-order chi connectivity index (χ0) is 15.0. The molecular weight excluding hydrogens is 305 g/mol. The third kappa shape index (κ3) is 3.05. The van der Waals surface area contributed by atoms with Crippen molar-refractivity contribution in [1.82, 2.24) is 14.5 Å². The van der Waals surface area contributed by atoms with E-state index in [9.17, 15) is 0 Å². The van der Waals surface area contributed by atoms with Gasteiger partial charge in [-0.1, -0.05) is 18.0 Å². The summed E-state index contributed by atoms with van der Waals surface area (Å²) in [6, 6.07) is 6.40. The largest absolute Gasteiger partial charge is 0.325 e. The summed E-state index contributed by atoms with van der Waals surface area (Å²) < 4.78 is 2.26. The lowest BCUT2D eigenvalue weighted by Crippen LogP contribution is -2.39. The van der Waals surface area contributed by atoms with Crippen LogP contribution >= 0.6 is 23.2 Å². The molecule has 0 spiro atoms. The van der Waals surface area contributed by atoms with Gasteiger partial charge in [-0.25, -0.2) is 4.98 Å². The first-order chi connectivity index (χ1) is 10.1. The van der Waals surface area contributed by atoms with Gasteiger partial charge in [-0.3, -0.25) is 0 Å². The maximum Gasteiger partial charge on any atom is 0.127 e. The number of imidazole rings is 1. The van der Waals surface area contributed by atoms with Crippen molar-refractivity contribution in [2.24, 2.45) is 0 Å². The van der Waals surface area contributed by atoms with Crippen LogP contribution in [0, 0.1) is 0 Å². The molecule has 0 bridgehead atoms. The zero-order valence-electron chi connectivity index (χ0n) is 12.5. The van der Waals surface area contributed by atoms with E-state index in [4.69, 9.17) is 28.2 Å². The Morgan fingerprint density at radius 2 is 2.19 bits per heavy atom. The van der Waals surface area contributed by atoms with E-state index in [-0.39, 0.29) is 5.38 Å². The van der Waals surface area contributed by atoms with Crippen molar-refractivity contribution in [1.29, 1.82) is 0 Å². The SMILES string of the molecule is CC(Cl)c1nc2ccc(Cl)cc2n1CC1CCCCN1C. The van der Waals surface area contributed by atoms with Crippen LogP contribution in [0.5, 0.6) is 0 Å². The van der Waals surface area contributed by atoms with Gasteiger partial charge in [-0.15, -0.1) is 11.6 Å². The Bertz CT molecular complexity index is 636. The molecule has 0 N–H and O–H groups in total. The second-order valence-electron chi connectivity index (χ2n) is 5.96. The monoisotopic (exact) mass is 325 g/mol. The van der Waals surface area contributed by atoms with Gasteiger partial charge in [0.1, 0.15) is 5.82 Å². The van der Waals surface area contributed by atoms with Gasteiger partial charge in [0.2, 0.25) is 0 Å². The molecule has 1 aromatic heterocycles. The molecule has 0 radical (unpaired) electrons. The smallest absolute Gasteiger partial charge is 0.127 e. The minimum absolute atomic E-state index is 0.106. The van der Waals surface area contributed by atoms with Crippen LogP contribution in [0.15, 0.2) is 18.2 Å². The number of nitrogens with zero attached hydrogens (tertiary/aromatic N) is 3. The fourth-order valence-corrected chi connectivity index (χ4v) is 3.53. The molecule has 1 fully saturated rings. The minimum Gasteiger partial charge on any atom is -0.325 e. The van der Waals surface area contributed by atoms with E-state index in [0.29, 0.717) is 6.04 Å². The number of likely N-dealkylation sites (tertiary alicyclic amines) is 1. The Balaban J connectivity index is 2.02. The van der Waals surface area contributed by atoms with Gasteiger partial charge in [-0.05, 0) is 51.6 Å². The van der Waals surface area contributed by atoms with Crippen LogP contribution in [0.25, 0.3) is 11.0 Å². The van der Waals surface area contributed by atoms with E-state index in [2.05, 4.69) is 16.5 Å². The van der Waals surface area contributed by atoms with Gasteiger partial charge in [0.05, 0.1) is 16.4 Å². The molecular formula is C16H21Cl2N3. The van der Waals surface area contributed by atoms with Crippen LogP contribution in [-0.2, 0) is 6.54 Å². The maximum atomic E-state index is 6.34. The lowest BCUT2D eigenvalue weighted by molar-refractivity contribution is 0.167. The standard InChI is InChI=1S/C16H21Cl2N3/c1-11(17)16-19-14-7-6-12(18)9-15(14)21(16)10-13-5-3-4-8-20(13)2/h6-7,9,11,13H,3-5,8,10H2,1-2H3. The number of hydrogen-bond acceptors (Lipinski definition) is 2. The van der Waals surface area contributed by atoms with Crippen molar-refractivity contribution in [3.05, 3.63) is 29.0 Å². The van der Waals surface area contributed by atoms with Gasteiger partial charge in [0.15, 0.2) is 0 Å². The Hall–Kier alpha value is -0.770. The summed E-state index contributed by atoms with van der Waals surface area (Å²) in [5.74, 6) is 0.938. The molecule has 0 saturated carbocycles. The van der Waals surface area contributed by atoms with Crippen molar-refractivity contribution < 1.29 is 0 Å². The Morgan fingerprint density at radius 1 is 1.38 bits per heavy atom. The Labute approximate surface area is 135 Å². The zero-order valence-corrected chi connectivity index (χ0v) is 14.0. The van der Waals surface area contributed by atoms with Crippen molar-refractivity contribution in [2.75, 3.05) is 13.6 Å². The van der Waals surface area contributed by atoms with Gasteiger partial charge < -0.3 is 9.47 Å². The van der Waals surface area contributed by atoms with Crippen molar-refractivity contribution in [3.8, 4) is 0 Å². The van der Waals surface area contributed by atoms with E-state index in [0.717, 1.165) is 28.4 Å². The molecule has 2 heterocycles. The van der Waals surface area contributed by atoms with Crippen LogP contribution < -0.4 is 0 Å². The average molecular weight is 326 g/mol. The fraction of sp³-hybridized carbons (Fsp3) is 0.562. The molecule has 3 nitrogen and oxygen atoms in total. The highest BCUT2D eigenvalue weighted by Gasteiger charge is 2.23. The summed E-state index contributed by atoms with van der Waals surface area (Å²) in [6.45, 7) is 4.08. The topological polar surface area (TPSA) is 21.1 Å². The second kappa shape index (κ2) is 6.15. The van der Waals surface area contributed by atoms with Gasteiger partial charge in [0, 0.05) is 17.6 Å². The number of fused-ring (bicyclic) bond motifs is 1. The highest BCUT2D eigenvalue weighted by atomic mass is 35.5. The van der Waals surface area contributed by atoms with Crippen molar-refractivity contribution >= 4 is 34.2 Å². The quantitative estimate of drug-likeness (QED) is 0.776. The lowest BCUT2D eigenvalue weighted by atomic mass is 10.0. The molecule has 1 aliphatic rings. The molecule has 2 unspecified atom stereocenters. The summed E-state index contributed by atoms with van der Waals surface area (Å²) in [6.07, 6.45) is 3.82. The number of halogens is 2. The van der Waals surface area contributed by atoms with Crippen LogP contribution in [0.2, 0.25) is 5.02 Å². The van der Waals surface area contributed by atoms with Gasteiger partial charge in [0.25, 0.3) is 0 Å². The summed E-state index contributed by atoms with van der Waals surface area (Å²) in [4.78, 5) is 7.14. The summed E-state index contributed by atoms with van der Waals surface area (Å²) in [5, 5.41) is 0.638. The highest BCUT2D eigenvalue weighted by molar-refractivity contribution is 6.31. The molecule has 21 heavy (non-hydrogen) atoms. The first kappa shape index (κ1) is 15.1. The maximum absolute atomic E-state index is 6.34. The van der Waals surface area contributed by atoms with Crippen molar-refractivity contribution in [3.63, 3.8) is 0 Å². The predicted molar refractivity (Wildman–Crippen MR) is 89.3 cm³/mol. The van der Waals surface area contributed by atoms with Crippen LogP contribution in [0.3, 0.4) is 0 Å². The molecule has 1 aromatic carbocycles. The second-order valence-corrected chi connectivity index (χ2v) is 7.05. The number of likely N-dealkylation sites (N-methyl/N-ethyl adjacent to an activating group) is 1. The van der Waals surface area contributed by atoms with E-state index >= 15 is 0 Å². The number of aromatic nitrogens is 2. The molecule has 2 atom stereocenters. The normalized spacial score (nSPS) is 21.8. The first-order valence-corrected chi connectivity index (χ1v) is 8.37. The highest BCUT2D eigenvalue weighted by Crippen LogP contribution is 2.28. The molecule has 1 saturated heterocycles. The number of rotatable bonds is 3. The Morgan fingerprint density at radius 3 is 2.90 bits per heavy atom. The average Bonchev–Trinajstić information content (AvgIpc) is 2.80. The summed E-state index contributed by atoms with van der Waals surface area (Å²) >= 11 is 12.5. The molecule has 1 aliphatic heterocycles. The van der Waals surface area contributed by atoms with Crippen LogP contribution in [0.4, 0.5) is 0 Å². The molecule has 114 valence electrons. The Kier molecular flexibility index (Phi) is 4.43. The van der Waals surface area contributed by atoms with E-state index in [1.54, 1.807) is 0 Å². The van der Waals surface area contributed by atoms with Crippen molar-refractivity contribution in [2.45, 2.75) is 44.1 Å². The first-order valence-electron chi connectivity index (χ1n) is 7.56. The molecule has 0 aliphatic carbocycles. The molecule has 0 amide bonds. The molecule has 5 heteroatoms. The van der Waals surface area contributed by atoms with E-state index < -0.39 is 0 Å². The summed E-state index contributed by atoms with van der Waals surface area (Å²) in [5.41, 5.74) is 2.06. The summed E-state index contributed by atoms with van der Waals surface area (Å²) in [7, 11) is 2.21. The number of hydrogen-bond donors (Lipinski definition) is 0. The molecule has 3 rings (SSSR count). The van der Waals surface area contributed by atoms with Gasteiger partial charge in [-0.2, -0.15) is 0 Å². The van der Waals surface area contributed by atoms with E-state index in [1.807, 2.05) is 25.1 Å². The van der Waals surface area contributed by atoms with E-state index in [1.165, 1.54) is 25.8 Å².